The Bertz CT molecular complexity index is 1040. The average molecular weight is 389 g/mol. The fourth-order valence-corrected chi connectivity index (χ4v) is 2.61. The van der Waals surface area contributed by atoms with Crippen LogP contribution in [0.15, 0.2) is 54.6 Å². The van der Waals surface area contributed by atoms with Gasteiger partial charge >= 0.3 is 5.97 Å². The number of anilines is 1. The van der Waals surface area contributed by atoms with Gasteiger partial charge in [-0.05, 0) is 48.9 Å². The minimum absolute atomic E-state index is 0.0468. The van der Waals surface area contributed by atoms with E-state index in [2.05, 4.69) is 17.4 Å². The third kappa shape index (κ3) is 4.99. The molecule has 0 aliphatic rings. The summed E-state index contributed by atoms with van der Waals surface area (Å²) in [5, 5.41) is 32.1. The van der Waals surface area contributed by atoms with Crippen LogP contribution in [0, 0.1) is 19.1 Å². The Morgan fingerprint density at radius 1 is 1.14 bits per heavy atom. The van der Waals surface area contributed by atoms with Gasteiger partial charge in [0.2, 0.25) is 0 Å². The van der Waals surface area contributed by atoms with Crippen LogP contribution in [0.1, 0.15) is 21.5 Å². The van der Waals surface area contributed by atoms with Crippen molar-refractivity contribution in [3.8, 4) is 23.0 Å². The van der Waals surface area contributed by atoms with Gasteiger partial charge in [0.25, 0.3) is 0 Å². The summed E-state index contributed by atoms with van der Waals surface area (Å²) >= 11 is 0. The van der Waals surface area contributed by atoms with Crippen molar-refractivity contribution in [1.82, 2.24) is 0 Å². The first-order chi connectivity index (χ1) is 13.9. The molecule has 0 aromatic heterocycles. The van der Waals surface area contributed by atoms with Crippen LogP contribution in [0.2, 0.25) is 0 Å². The maximum Gasteiger partial charge on any atom is 0.339 e. The molecule has 0 bridgehead atoms. The average Bonchev–Trinajstić information content (AvgIpc) is 2.70. The topological polar surface area (TPSA) is 99.0 Å². The van der Waals surface area contributed by atoms with E-state index < -0.39 is 5.97 Å². The molecule has 4 N–H and O–H groups in total. The molecule has 0 heterocycles. The Balaban J connectivity index is 1.75. The lowest BCUT2D eigenvalue weighted by atomic mass is 10.1. The zero-order chi connectivity index (χ0) is 20.8. The highest BCUT2D eigenvalue weighted by atomic mass is 16.5. The van der Waals surface area contributed by atoms with Crippen molar-refractivity contribution in [2.45, 2.75) is 6.92 Å². The number of benzene rings is 2. The quantitative estimate of drug-likeness (QED) is 0.471. The van der Waals surface area contributed by atoms with Gasteiger partial charge in [0.15, 0.2) is 0 Å². The second-order valence-corrected chi connectivity index (χ2v) is 6.26. The molecule has 3 rings (SSSR count). The molecule has 6 heteroatoms. The zero-order valence-corrected chi connectivity index (χ0v) is 15.6. The lowest BCUT2D eigenvalue weighted by Crippen LogP contribution is -2.04. The Morgan fingerprint density at radius 2 is 1.97 bits per heavy atom. The molecule has 29 heavy (non-hydrogen) atoms. The first-order valence-electron chi connectivity index (χ1n) is 8.80. The Labute approximate surface area is 168 Å². The molecule has 0 aliphatic carbocycles. The number of carboxylic acid groups (broad SMARTS) is 1. The van der Waals surface area contributed by atoms with E-state index in [0.717, 1.165) is 5.56 Å². The van der Waals surface area contributed by atoms with Crippen molar-refractivity contribution in [1.29, 1.82) is 0 Å². The molecule has 0 atom stereocenters. The van der Waals surface area contributed by atoms with Crippen molar-refractivity contribution in [2.75, 3.05) is 11.9 Å². The van der Waals surface area contributed by atoms with E-state index in [1.807, 2.05) is 24.3 Å². The van der Waals surface area contributed by atoms with Crippen LogP contribution in [0.25, 0.3) is 6.08 Å². The second kappa shape index (κ2) is 8.72. The maximum atomic E-state index is 11.7. The van der Waals surface area contributed by atoms with Gasteiger partial charge in [-0.25, -0.2) is 4.79 Å². The van der Waals surface area contributed by atoms with E-state index in [1.54, 1.807) is 19.1 Å². The monoisotopic (exact) mass is 389 g/mol. The van der Waals surface area contributed by atoms with Crippen LogP contribution in [-0.4, -0.2) is 27.8 Å². The first kappa shape index (κ1) is 19.6. The Morgan fingerprint density at radius 3 is 2.69 bits per heavy atom. The summed E-state index contributed by atoms with van der Waals surface area (Å²) in [6, 6.07) is 18.4. The number of phenolic OH excluding ortho intramolecular Hbond substituents is 2. The number of nitrogens with one attached hydrogen (secondary N) is 1. The molecule has 0 saturated carbocycles. The third-order valence-corrected chi connectivity index (χ3v) is 4.16. The highest BCUT2D eigenvalue weighted by molar-refractivity contribution is 5.92. The largest absolute Gasteiger partial charge is 0.508 e. The third-order valence-electron chi connectivity index (χ3n) is 4.16. The Kier molecular flexibility index (Phi) is 5.91. The minimum Gasteiger partial charge on any atom is -0.508 e. The van der Waals surface area contributed by atoms with Gasteiger partial charge in [-0.2, -0.15) is 0 Å². The van der Waals surface area contributed by atoms with Crippen molar-refractivity contribution >= 4 is 17.7 Å². The molecule has 0 amide bonds. The smallest absolute Gasteiger partial charge is 0.339 e. The highest BCUT2D eigenvalue weighted by Crippen LogP contribution is 2.36. The number of hydrogen-bond donors (Lipinski definition) is 4. The van der Waals surface area contributed by atoms with Crippen LogP contribution in [0.3, 0.4) is 0 Å². The van der Waals surface area contributed by atoms with Gasteiger partial charge in [-0.1, -0.05) is 24.3 Å². The molecule has 0 unspecified atom stereocenters. The van der Waals surface area contributed by atoms with Crippen LogP contribution < -0.4 is 10.1 Å². The molecule has 0 saturated heterocycles. The van der Waals surface area contributed by atoms with Gasteiger partial charge in [0.1, 0.15) is 28.6 Å². The fraction of sp³-hybridized carbons (Fsp3) is 0.0870. The lowest BCUT2D eigenvalue weighted by Gasteiger charge is -2.14. The molecule has 0 radical (unpaired) electrons. The molecule has 0 fully saturated rings. The van der Waals surface area contributed by atoms with Gasteiger partial charge in [-0.15, -0.1) is 0 Å². The highest BCUT2D eigenvalue weighted by Gasteiger charge is 2.15. The summed E-state index contributed by atoms with van der Waals surface area (Å²) < 4.78 is 5.65. The van der Waals surface area contributed by atoms with Crippen molar-refractivity contribution in [3.05, 3.63) is 83.4 Å². The fourth-order valence-electron chi connectivity index (χ4n) is 2.61. The van der Waals surface area contributed by atoms with E-state index in [9.17, 15) is 20.1 Å². The van der Waals surface area contributed by atoms with E-state index in [4.69, 9.17) is 4.74 Å². The van der Waals surface area contributed by atoms with Gasteiger partial charge < -0.3 is 25.4 Å². The van der Waals surface area contributed by atoms with Crippen LogP contribution in [-0.2, 0) is 0 Å². The molecule has 3 aromatic rings. The van der Waals surface area contributed by atoms with Crippen molar-refractivity contribution in [3.63, 3.8) is 0 Å². The van der Waals surface area contributed by atoms with E-state index in [0.29, 0.717) is 17.8 Å². The van der Waals surface area contributed by atoms with E-state index in [-0.39, 0.29) is 28.6 Å². The van der Waals surface area contributed by atoms with E-state index >= 15 is 0 Å². The summed E-state index contributed by atoms with van der Waals surface area (Å²) in [7, 11) is 0. The van der Waals surface area contributed by atoms with Crippen molar-refractivity contribution < 1.29 is 24.9 Å². The SMILES string of the molecule is Cc1c(O)cc(O)cc1Oc1ccc(NC/C=C/c2cc#ccc2)cc1C(=O)O. The van der Waals surface area contributed by atoms with Gasteiger partial charge in [-0.3, -0.25) is 0 Å². The van der Waals surface area contributed by atoms with Crippen LogP contribution in [0.5, 0.6) is 23.0 Å². The predicted octanol–water partition coefficient (Wildman–Crippen LogP) is 4.62. The number of carbonyl (C=O) groups is 1. The number of hydrogen-bond acceptors (Lipinski definition) is 5. The number of carboxylic acids is 1. The minimum atomic E-state index is -1.16. The molecule has 146 valence electrons. The normalized spacial score (nSPS) is 10.5. The summed E-state index contributed by atoms with van der Waals surface area (Å²) in [6.07, 6.45) is 3.83. The van der Waals surface area contributed by atoms with Crippen LogP contribution in [0.4, 0.5) is 5.69 Å². The standard InChI is InChI=1S/C23H19NO5/c1-15-20(26)13-18(25)14-22(15)29-21-10-9-17(12-19(21)23(27)28)24-11-5-8-16-6-3-2-4-7-16/h3,5-10,12-14,24-26H,11H2,1H3,(H,27,28)/b8-5+. The van der Waals surface area contributed by atoms with Gasteiger partial charge in [0.05, 0.1) is 0 Å². The molecule has 0 spiro atoms. The molecular formula is C23H19NO5. The number of aromatic carboxylic acids is 1. The summed E-state index contributed by atoms with van der Waals surface area (Å²) in [4.78, 5) is 11.7. The summed E-state index contributed by atoms with van der Waals surface area (Å²) in [5.74, 6) is -1.21. The number of aromatic hydroxyl groups is 2. The van der Waals surface area contributed by atoms with Gasteiger partial charge in [0, 0.05) is 29.9 Å². The van der Waals surface area contributed by atoms with E-state index in [1.165, 1.54) is 24.3 Å². The molecule has 6 nitrogen and oxygen atoms in total. The number of rotatable bonds is 7. The Hall–Kier alpha value is -4.11. The molecule has 3 aromatic carbocycles. The summed E-state index contributed by atoms with van der Waals surface area (Å²) in [5.41, 5.74) is 1.95. The maximum absolute atomic E-state index is 11.7. The lowest BCUT2D eigenvalue weighted by molar-refractivity contribution is 0.0694. The predicted molar refractivity (Wildman–Crippen MR) is 110 cm³/mol. The number of ether oxygens (including phenoxy) is 1. The zero-order valence-electron chi connectivity index (χ0n) is 15.6. The van der Waals surface area contributed by atoms with Crippen molar-refractivity contribution in [2.24, 2.45) is 0 Å². The molecule has 0 aliphatic heterocycles. The first-order valence-corrected chi connectivity index (χ1v) is 8.80. The number of phenols is 2. The van der Waals surface area contributed by atoms with Crippen LogP contribution >= 0.6 is 0 Å². The second-order valence-electron chi connectivity index (χ2n) is 6.26. The summed E-state index contributed by atoms with van der Waals surface area (Å²) in [6.45, 7) is 2.10. The molecular weight excluding hydrogens is 370 g/mol.